The van der Waals surface area contributed by atoms with E-state index in [0.717, 1.165) is 23.7 Å². The van der Waals surface area contributed by atoms with E-state index in [9.17, 15) is 4.79 Å². The van der Waals surface area contributed by atoms with Crippen LogP contribution in [0.5, 0.6) is 5.75 Å². The van der Waals surface area contributed by atoms with Gasteiger partial charge in [-0.1, -0.05) is 6.07 Å². The molecule has 0 heterocycles. The van der Waals surface area contributed by atoms with Crippen molar-refractivity contribution in [3.8, 4) is 5.75 Å². The summed E-state index contributed by atoms with van der Waals surface area (Å²) in [6.07, 6.45) is 4.10. The van der Waals surface area contributed by atoms with Crippen molar-refractivity contribution in [1.82, 2.24) is 5.32 Å². The molecular formula is C17H22N2O2. The average molecular weight is 286 g/mol. The topological polar surface area (TPSA) is 64.3 Å². The molecule has 21 heavy (non-hydrogen) atoms. The minimum absolute atomic E-state index is 0.0737. The number of benzene rings is 1. The second-order valence-electron chi connectivity index (χ2n) is 6.64. The van der Waals surface area contributed by atoms with Crippen LogP contribution in [-0.4, -0.2) is 18.6 Å². The van der Waals surface area contributed by atoms with E-state index in [1.54, 1.807) is 6.07 Å². The summed E-state index contributed by atoms with van der Waals surface area (Å²) in [5, 5.41) is 3.21. The number of hydrogen-bond acceptors (Lipinski definition) is 3. The highest BCUT2D eigenvalue weighted by Gasteiger charge is 2.65. The Morgan fingerprint density at radius 1 is 1.33 bits per heavy atom. The van der Waals surface area contributed by atoms with Crippen LogP contribution in [0.25, 0.3) is 0 Å². The van der Waals surface area contributed by atoms with Crippen molar-refractivity contribution in [3.63, 3.8) is 0 Å². The Balaban J connectivity index is 1.51. The van der Waals surface area contributed by atoms with Crippen LogP contribution in [-0.2, 0) is 0 Å². The van der Waals surface area contributed by atoms with Crippen LogP contribution in [0, 0.1) is 23.7 Å². The first-order chi connectivity index (χ1) is 10.2. The molecule has 1 aromatic rings. The van der Waals surface area contributed by atoms with Gasteiger partial charge in [0.1, 0.15) is 11.3 Å². The van der Waals surface area contributed by atoms with Crippen molar-refractivity contribution in [2.24, 2.45) is 23.7 Å². The van der Waals surface area contributed by atoms with E-state index < -0.39 is 0 Å². The van der Waals surface area contributed by atoms with E-state index in [0.29, 0.717) is 29.6 Å². The molecule has 3 aliphatic rings. The van der Waals surface area contributed by atoms with Crippen LogP contribution in [0.2, 0.25) is 0 Å². The summed E-state index contributed by atoms with van der Waals surface area (Å²) in [4.78, 5) is 12.6. The van der Waals surface area contributed by atoms with Gasteiger partial charge < -0.3 is 15.8 Å². The zero-order valence-electron chi connectivity index (χ0n) is 12.3. The van der Waals surface area contributed by atoms with Crippen molar-refractivity contribution in [1.29, 1.82) is 0 Å². The predicted molar refractivity (Wildman–Crippen MR) is 81.1 cm³/mol. The Bertz CT molecular complexity index is 570. The standard InChI is InChI=1S/C17H22N2O2/c1-2-21-12-5-3-4-11(18)15(12)17(20)19-16-13-9-6-7-10(8-9)14(13)16/h3-5,9-10,13-14,16H,2,6-8,18H2,1H3,(H,19,20). The number of hydrogen-bond donors (Lipinski definition) is 2. The molecule has 2 bridgehead atoms. The number of fused-ring (bicyclic) bond motifs is 5. The number of carbonyl (C=O) groups excluding carboxylic acids is 1. The minimum Gasteiger partial charge on any atom is -0.493 e. The van der Waals surface area contributed by atoms with Gasteiger partial charge in [-0.25, -0.2) is 0 Å². The van der Waals surface area contributed by atoms with Crippen LogP contribution in [0.1, 0.15) is 36.5 Å². The van der Waals surface area contributed by atoms with Crippen LogP contribution in [0.3, 0.4) is 0 Å². The van der Waals surface area contributed by atoms with E-state index in [-0.39, 0.29) is 5.91 Å². The molecule has 0 aliphatic heterocycles. The molecule has 4 unspecified atom stereocenters. The third kappa shape index (κ3) is 1.92. The van der Waals surface area contributed by atoms with E-state index in [1.807, 2.05) is 19.1 Å². The number of ether oxygens (including phenoxy) is 1. The van der Waals surface area contributed by atoms with Crippen LogP contribution >= 0.6 is 0 Å². The van der Waals surface area contributed by atoms with Gasteiger partial charge in [0.2, 0.25) is 0 Å². The molecule has 4 nitrogen and oxygen atoms in total. The molecule has 3 N–H and O–H groups in total. The number of nitrogens with two attached hydrogens (primary N) is 1. The third-order valence-corrected chi connectivity index (χ3v) is 5.62. The van der Waals surface area contributed by atoms with Gasteiger partial charge >= 0.3 is 0 Å². The van der Waals surface area contributed by atoms with Gasteiger partial charge in [-0.3, -0.25) is 4.79 Å². The summed E-state index contributed by atoms with van der Waals surface area (Å²) < 4.78 is 5.55. The van der Waals surface area contributed by atoms with Gasteiger partial charge in [-0.15, -0.1) is 0 Å². The lowest BCUT2D eigenvalue weighted by molar-refractivity contribution is 0.0941. The Morgan fingerprint density at radius 2 is 2.05 bits per heavy atom. The lowest BCUT2D eigenvalue weighted by Gasteiger charge is -2.14. The molecule has 112 valence electrons. The van der Waals surface area contributed by atoms with E-state index in [2.05, 4.69) is 5.32 Å². The fraction of sp³-hybridized carbons (Fsp3) is 0.588. The molecule has 0 spiro atoms. The summed E-state index contributed by atoms with van der Waals surface area (Å²) in [6.45, 7) is 2.44. The maximum atomic E-state index is 12.6. The predicted octanol–water partition coefficient (Wildman–Crippen LogP) is 2.44. The average Bonchev–Trinajstić information content (AvgIpc) is 2.84. The number of amides is 1. The monoisotopic (exact) mass is 286 g/mol. The highest BCUT2D eigenvalue weighted by molar-refractivity contribution is 6.02. The Hall–Kier alpha value is -1.71. The SMILES string of the molecule is CCOc1cccc(N)c1C(=O)NC1C2C3CCC(C3)C12. The summed E-state index contributed by atoms with van der Waals surface area (Å²) in [5.74, 6) is 3.68. The van der Waals surface area contributed by atoms with Crippen LogP contribution in [0.15, 0.2) is 18.2 Å². The molecule has 1 aromatic carbocycles. The molecule has 0 radical (unpaired) electrons. The molecule has 3 aliphatic carbocycles. The fourth-order valence-corrected chi connectivity index (χ4v) is 4.81. The quantitative estimate of drug-likeness (QED) is 0.836. The minimum atomic E-state index is -0.0737. The van der Waals surface area contributed by atoms with Gasteiger partial charge in [-0.2, -0.15) is 0 Å². The number of nitrogen functional groups attached to an aromatic ring is 1. The van der Waals surface area contributed by atoms with Gasteiger partial charge in [0, 0.05) is 11.7 Å². The van der Waals surface area contributed by atoms with Gasteiger partial charge in [0.15, 0.2) is 0 Å². The number of carbonyl (C=O) groups is 1. The normalized spacial score (nSPS) is 35.4. The number of anilines is 1. The molecular weight excluding hydrogens is 264 g/mol. The van der Waals surface area contributed by atoms with Crippen LogP contribution < -0.4 is 15.8 Å². The van der Waals surface area contributed by atoms with Crippen molar-refractivity contribution < 1.29 is 9.53 Å². The first kappa shape index (κ1) is 13.0. The maximum absolute atomic E-state index is 12.6. The first-order valence-electron chi connectivity index (χ1n) is 8.03. The summed E-state index contributed by atoms with van der Waals surface area (Å²) in [7, 11) is 0. The zero-order chi connectivity index (χ0) is 14.6. The second kappa shape index (κ2) is 4.65. The maximum Gasteiger partial charge on any atom is 0.257 e. The first-order valence-corrected chi connectivity index (χ1v) is 8.03. The van der Waals surface area contributed by atoms with Crippen molar-refractivity contribution >= 4 is 11.6 Å². The smallest absolute Gasteiger partial charge is 0.257 e. The van der Waals surface area contributed by atoms with Crippen molar-refractivity contribution in [3.05, 3.63) is 23.8 Å². The zero-order valence-corrected chi connectivity index (χ0v) is 12.3. The van der Waals surface area contributed by atoms with Gasteiger partial charge in [0.05, 0.1) is 6.61 Å². The molecule has 0 aromatic heterocycles. The third-order valence-electron chi connectivity index (χ3n) is 5.62. The highest BCUT2D eigenvalue weighted by atomic mass is 16.5. The lowest BCUT2D eigenvalue weighted by Crippen LogP contribution is -2.31. The molecule has 4 heteroatoms. The Morgan fingerprint density at radius 3 is 2.71 bits per heavy atom. The summed E-state index contributed by atoms with van der Waals surface area (Å²) >= 11 is 0. The summed E-state index contributed by atoms with van der Waals surface area (Å²) in [6, 6.07) is 5.77. The van der Waals surface area contributed by atoms with Crippen molar-refractivity contribution in [2.75, 3.05) is 12.3 Å². The van der Waals surface area contributed by atoms with Gasteiger partial charge in [0.25, 0.3) is 5.91 Å². The van der Waals surface area contributed by atoms with E-state index in [4.69, 9.17) is 10.5 Å². The highest BCUT2D eigenvalue weighted by Crippen LogP contribution is 2.65. The lowest BCUT2D eigenvalue weighted by atomic mass is 10.0. The second-order valence-corrected chi connectivity index (χ2v) is 6.64. The van der Waals surface area contributed by atoms with Gasteiger partial charge in [-0.05, 0) is 62.0 Å². The van der Waals surface area contributed by atoms with Crippen molar-refractivity contribution in [2.45, 2.75) is 32.2 Å². The molecule has 4 atom stereocenters. The largest absolute Gasteiger partial charge is 0.493 e. The molecule has 0 saturated heterocycles. The molecule has 3 saturated carbocycles. The van der Waals surface area contributed by atoms with E-state index >= 15 is 0 Å². The summed E-state index contributed by atoms with van der Waals surface area (Å²) in [5.41, 5.74) is 6.98. The Kier molecular flexibility index (Phi) is 2.88. The number of rotatable bonds is 4. The van der Waals surface area contributed by atoms with E-state index in [1.165, 1.54) is 19.3 Å². The molecule has 4 rings (SSSR count). The fourth-order valence-electron chi connectivity index (χ4n) is 4.81. The molecule has 1 amide bonds. The number of nitrogens with one attached hydrogen (secondary N) is 1. The van der Waals surface area contributed by atoms with Crippen LogP contribution in [0.4, 0.5) is 5.69 Å². The Labute approximate surface area is 125 Å². The molecule has 3 fully saturated rings.